The highest BCUT2D eigenvalue weighted by molar-refractivity contribution is 5.89. The zero-order valence-electron chi connectivity index (χ0n) is 13.9. The topological polar surface area (TPSA) is 61.7 Å². The summed E-state index contributed by atoms with van der Waals surface area (Å²) in [6.07, 6.45) is 4.14. The molecule has 0 aliphatic carbocycles. The molecule has 1 aromatic heterocycles. The van der Waals surface area contributed by atoms with E-state index in [9.17, 15) is 9.59 Å². The van der Waals surface area contributed by atoms with Crippen molar-refractivity contribution in [1.29, 1.82) is 0 Å². The van der Waals surface area contributed by atoms with Crippen LogP contribution in [-0.2, 0) is 23.2 Å². The van der Waals surface area contributed by atoms with Crippen molar-refractivity contribution < 1.29 is 9.59 Å². The minimum absolute atomic E-state index is 0.110. The number of carbonyl (C=O) groups excluding carboxylic acids is 2. The van der Waals surface area contributed by atoms with Gasteiger partial charge in [0.05, 0.1) is 12.5 Å². The summed E-state index contributed by atoms with van der Waals surface area (Å²) in [6.45, 7) is 7.24. The molecule has 0 N–H and O–H groups in total. The van der Waals surface area contributed by atoms with Crippen molar-refractivity contribution in [3.8, 4) is 0 Å². The van der Waals surface area contributed by atoms with Gasteiger partial charge >= 0.3 is 0 Å². The highest BCUT2D eigenvalue weighted by atomic mass is 16.2. The maximum absolute atomic E-state index is 12.6. The van der Waals surface area contributed by atoms with Gasteiger partial charge in [-0.3, -0.25) is 14.5 Å². The van der Waals surface area contributed by atoms with Crippen molar-refractivity contribution >= 4 is 11.8 Å². The Kier molecular flexibility index (Phi) is 4.66. The van der Waals surface area contributed by atoms with Gasteiger partial charge in [-0.25, -0.2) is 4.98 Å². The van der Waals surface area contributed by atoms with Crippen LogP contribution in [-0.4, -0.2) is 75.3 Å². The van der Waals surface area contributed by atoms with E-state index in [4.69, 9.17) is 0 Å². The summed E-state index contributed by atoms with van der Waals surface area (Å²) in [4.78, 5) is 34.8. The molecule has 1 atom stereocenters. The molecule has 2 aliphatic rings. The SMILES string of the molecule is CCN1C[C@H](C(=O)N2CCN(Cc3nccn3C)CC2)CC1=O. The van der Waals surface area contributed by atoms with Crippen molar-refractivity contribution in [2.45, 2.75) is 19.9 Å². The number of hydrogen-bond donors (Lipinski definition) is 0. The van der Waals surface area contributed by atoms with E-state index >= 15 is 0 Å². The molecular weight excluding hydrogens is 294 g/mol. The molecule has 0 radical (unpaired) electrons. The predicted octanol–water partition coefficient (Wildman–Crippen LogP) is -0.0673. The van der Waals surface area contributed by atoms with Gasteiger partial charge in [0.1, 0.15) is 5.82 Å². The van der Waals surface area contributed by atoms with Gasteiger partial charge in [-0.05, 0) is 6.92 Å². The van der Waals surface area contributed by atoms with Crippen LogP contribution in [0.5, 0.6) is 0 Å². The molecular formula is C16H25N5O2. The van der Waals surface area contributed by atoms with Crippen LogP contribution < -0.4 is 0 Å². The van der Waals surface area contributed by atoms with Gasteiger partial charge in [0.25, 0.3) is 0 Å². The summed E-state index contributed by atoms with van der Waals surface area (Å²) in [6, 6.07) is 0. The number of amides is 2. The molecule has 7 nitrogen and oxygen atoms in total. The molecule has 2 aliphatic heterocycles. The molecule has 3 rings (SSSR count). The highest BCUT2D eigenvalue weighted by Crippen LogP contribution is 2.20. The van der Waals surface area contributed by atoms with Crippen molar-refractivity contribution in [3.63, 3.8) is 0 Å². The van der Waals surface area contributed by atoms with Crippen molar-refractivity contribution in [2.24, 2.45) is 13.0 Å². The van der Waals surface area contributed by atoms with Gasteiger partial charge in [0.15, 0.2) is 0 Å². The van der Waals surface area contributed by atoms with E-state index < -0.39 is 0 Å². The second-order valence-corrected chi connectivity index (χ2v) is 6.39. The molecule has 126 valence electrons. The Bertz CT molecular complexity index is 577. The molecule has 0 aromatic carbocycles. The van der Waals surface area contributed by atoms with Gasteiger partial charge < -0.3 is 14.4 Å². The standard InChI is InChI=1S/C16H25N5O2/c1-3-20-11-13(10-15(20)22)16(23)21-8-6-19(7-9-21)12-14-17-4-5-18(14)2/h4-5,13H,3,6-12H2,1-2H3/t13-/m1/s1. The molecule has 3 heterocycles. The quantitative estimate of drug-likeness (QED) is 0.780. The van der Waals surface area contributed by atoms with E-state index in [0.29, 0.717) is 19.5 Å². The van der Waals surface area contributed by atoms with Gasteiger partial charge in [0.2, 0.25) is 11.8 Å². The van der Waals surface area contributed by atoms with Gasteiger partial charge in [-0.2, -0.15) is 0 Å². The predicted molar refractivity (Wildman–Crippen MR) is 85.4 cm³/mol. The first-order valence-corrected chi connectivity index (χ1v) is 8.33. The number of aryl methyl sites for hydroxylation is 1. The number of rotatable bonds is 4. The monoisotopic (exact) mass is 319 g/mol. The van der Waals surface area contributed by atoms with Gasteiger partial charge in [-0.1, -0.05) is 0 Å². The summed E-state index contributed by atoms with van der Waals surface area (Å²) in [5.74, 6) is 1.15. The molecule has 0 saturated carbocycles. The first-order chi connectivity index (χ1) is 11.1. The molecule has 0 bridgehead atoms. The van der Waals surface area contributed by atoms with Crippen LogP contribution in [0, 0.1) is 5.92 Å². The zero-order valence-corrected chi connectivity index (χ0v) is 13.9. The van der Waals surface area contributed by atoms with E-state index in [0.717, 1.165) is 38.5 Å². The van der Waals surface area contributed by atoms with Crippen LogP contribution in [0.15, 0.2) is 12.4 Å². The minimum Gasteiger partial charge on any atom is -0.342 e. The lowest BCUT2D eigenvalue weighted by Crippen LogP contribution is -2.50. The Balaban J connectivity index is 1.50. The lowest BCUT2D eigenvalue weighted by atomic mass is 10.1. The summed E-state index contributed by atoms with van der Waals surface area (Å²) in [5.41, 5.74) is 0. The first kappa shape index (κ1) is 16.0. The molecule has 2 fully saturated rings. The maximum Gasteiger partial charge on any atom is 0.228 e. The van der Waals surface area contributed by atoms with Crippen molar-refractivity contribution in [2.75, 3.05) is 39.3 Å². The Morgan fingerprint density at radius 3 is 2.61 bits per heavy atom. The smallest absolute Gasteiger partial charge is 0.228 e. The number of imidazole rings is 1. The van der Waals surface area contributed by atoms with E-state index in [1.165, 1.54) is 0 Å². The number of aromatic nitrogens is 2. The van der Waals surface area contributed by atoms with Crippen LogP contribution in [0.25, 0.3) is 0 Å². The van der Waals surface area contributed by atoms with E-state index in [-0.39, 0.29) is 17.7 Å². The number of hydrogen-bond acceptors (Lipinski definition) is 4. The molecule has 1 aromatic rings. The Morgan fingerprint density at radius 1 is 1.30 bits per heavy atom. The van der Waals surface area contributed by atoms with Crippen LogP contribution in [0.1, 0.15) is 19.2 Å². The second-order valence-electron chi connectivity index (χ2n) is 6.39. The van der Waals surface area contributed by atoms with Crippen LogP contribution in [0.4, 0.5) is 0 Å². The molecule has 7 heteroatoms. The van der Waals surface area contributed by atoms with E-state index in [2.05, 4.69) is 9.88 Å². The summed E-state index contributed by atoms with van der Waals surface area (Å²) >= 11 is 0. The number of piperazine rings is 1. The molecule has 0 unspecified atom stereocenters. The molecule has 0 spiro atoms. The Morgan fingerprint density at radius 2 is 2.04 bits per heavy atom. The zero-order chi connectivity index (χ0) is 16.4. The molecule has 2 saturated heterocycles. The summed E-state index contributed by atoms with van der Waals surface area (Å²) in [7, 11) is 2.00. The lowest BCUT2D eigenvalue weighted by Gasteiger charge is -2.35. The average Bonchev–Trinajstić information content (AvgIpc) is 3.13. The number of likely N-dealkylation sites (tertiary alicyclic amines) is 1. The fourth-order valence-corrected chi connectivity index (χ4v) is 3.38. The lowest BCUT2D eigenvalue weighted by molar-refractivity contribution is -0.137. The van der Waals surface area contributed by atoms with Gasteiger partial charge in [0, 0.05) is 65.1 Å². The number of nitrogens with zero attached hydrogens (tertiary/aromatic N) is 5. The fraction of sp³-hybridized carbons (Fsp3) is 0.688. The van der Waals surface area contributed by atoms with Gasteiger partial charge in [-0.15, -0.1) is 0 Å². The third-order valence-electron chi connectivity index (χ3n) is 4.92. The summed E-state index contributed by atoms with van der Waals surface area (Å²) in [5, 5.41) is 0. The third-order valence-corrected chi connectivity index (χ3v) is 4.92. The minimum atomic E-state index is -0.149. The molecule has 23 heavy (non-hydrogen) atoms. The van der Waals surface area contributed by atoms with Crippen LogP contribution in [0.3, 0.4) is 0 Å². The fourth-order valence-electron chi connectivity index (χ4n) is 3.38. The van der Waals surface area contributed by atoms with E-state index in [1.807, 2.05) is 35.8 Å². The Labute approximate surface area is 136 Å². The van der Waals surface area contributed by atoms with Crippen LogP contribution in [0.2, 0.25) is 0 Å². The first-order valence-electron chi connectivity index (χ1n) is 8.33. The van der Waals surface area contributed by atoms with Crippen LogP contribution >= 0.6 is 0 Å². The highest BCUT2D eigenvalue weighted by Gasteiger charge is 2.36. The van der Waals surface area contributed by atoms with Crippen molar-refractivity contribution in [3.05, 3.63) is 18.2 Å². The number of carbonyl (C=O) groups is 2. The third kappa shape index (κ3) is 3.39. The van der Waals surface area contributed by atoms with E-state index in [1.54, 1.807) is 4.90 Å². The largest absolute Gasteiger partial charge is 0.342 e. The summed E-state index contributed by atoms with van der Waals surface area (Å²) < 4.78 is 2.03. The average molecular weight is 319 g/mol. The second kappa shape index (κ2) is 6.70. The Hall–Kier alpha value is -1.89. The maximum atomic E-state index is 12.6. The molecule has 2 amide bonds. The van der Waals surface area contributed by atoms with Crippen molar-refractivity contribution in [1.82, 2.24) is 24.3 Å². The normalized spacial score (nSPS) is 22.9.